The third-order valence-electron chi connectivity index (χ3n) is 2.64. The first-order valence-corrected chi connectivity index (χ1v) is 6.70. The van der Waals surface area contributed by atoms with E-state index in [1.165, 1.54) is 5.56 Å². The fourth-order valence-corrected chi connectivity index (χ4v) is 1.74. The Kier molecular flexibility index (Phi) is 7.20. The molecule has 0 atom stereocenters. The molecule has 0 unspecified atom stereocenters. The Morgan fingerprint density at radius 3 is 2.84 bits per heavy atom. The van der Waals surface area contributed by atoms with Crippen molar-refractivity contribution in [2.75, 3.05) is 26.7 Å². The summed E-state index contributed by atoms with van der Waals surface area (Å²) in [5.74, 6) is 5.93. The van der Waals surface area contributed by atoms with Crippen LogP contribution in [0.1, 0.15) is 25.0 Å². The molecule has 3 heteroatoms. The smallest absolute Gasteiger partial charge is 0.0596 e. The zero-order chi connectivity index (χ0) is 14.1. The van der Waals surface area contributed by atoms with Crippen molar-refractivity contribution in [1.82, 2.24) is 4.90 Å². The number of rotatable bonds is 6. The average Bonchev–Trinajstić information content (AvgIpc) is 2.36. The lowest BCUT2D eigenvalue weighted by molar-refractivity contribution is 0.0627. The van der Waals surface area contributed by atoms with Crippen molar-refractivity contribution in [2.45, 2.75) is 26.5 Å². The van der Waals surface area contributed by atoms with E-state index in [1.807, 2.05) is 12.1 Å². The molecule has 0 saturated carbocycles. The van der Waals surface area contributed by atoms with Crippen LogP contribution in [0.4, 0.5) is 0 Å². The molecule has 1 aromatic carbocycles. The molecule has 0 spiro atoms. The van der Waals surface area contributed by atoms with Crippen molar-refractivity contribution in [2.24, 2.45) is 5.73 Å². The number of ether oxygens (including phenoxy) is 1. The fraction of sp³-hybridized carbons (Fsp3) is 0.500. The van der Waals surface area contributed by atoms with Gasteiger partial charge in [0.25, 0.3) is 0 Å². The molecule has 0 saturated heterocycles. The predicted octanol–water partition coefficient (Wildman–Crippen LogP) is 1.85. The van der Waals surface area contributed by atoms with Crippen LogP contribution in [0.3, 0.4) is 0 Å². The van der Waals surface area contributed by atoms with Crippen molar-refractivity contribution < 1.29 is 4.74 Å². The molecule has 0 fully saturated rings. The van der Waals surface area contributed by atoms with E-state index in [1.54, 1.807) is 0 Å². The quantitative estimate of drug-likeness (QED) is 0.793. The second-order valence-corrected chi connectivity index (χ2v) is 4.86. The highest BCUT2D eigenvalue weighted by molar-refractivity contribution is 5.37. The highest BCUT2D eigenvalue weighted by Crippen LogP contribution is 2.06. The van der Waals surface area contributed by atoms with Gasteiger partial charge < -0.3 is 10.5 Å². The van der Waals surface area contributed by atoms with Crippen LogP contribution in [0, 0.1) is 11.8 Å². The lowest BCUT2D eigenvalue weighted by atomic mass is 10.1. The fourth-order valence-electron chi connectivity index (χ4n) is 1.74. The van der Waals surface area contributed by atoms with Crippen molar-refractivity contribution in [3.63, 3.8) is 0 Å². The van der Waals surface area contributed by atoms with E-state index in [-0.39, 0.29) is 0 Å². The summed E-state index contributed by atoms with van der Waals surface area (Å²) in [6, 6.07) is 8.28. The van der Waals surface area contributed by atoms with E-state index in [0.29, 0.717) is 12.6 Å². The summed E-state index contributed by atoms with van der Waals surface area (Å²) in [5, 5.41) is 0. The normalized spacial score (nSPS) is 10.6. The Bertz CT molecular complexity index is 432. The summed E-state index contributed by atoms with van der Waals surface area (Å²) in [4.78, 5) is 2.25. The number of nitrogens with two attached hydrogens (primary N) is 1. The van der Waals surface area contributed by atoms with E-state index in [0.717, 1.165) is 25.3 Å². The first-order chi connectivity index (χ1) is 9.11. The maximum atomic E-state index is 5.55. The van der Waals surface area contributed by atoms with Gasteiger partial charge in [-0.3, -0.25) is 4.90 Å². The minimum Gasteiger partial charge on any atom is -0.377 e. The van der Waals surface area contributed by atoms with E-state index >= 15 is 0 Å². The minimum absolute atomic E-state index is 0.295. The second-order valence-electron chi connectivity index (χ2n) is 4.86. The SMILES string of the molecule is CC(C)OCCN(C)Cc1cccc(C#CCN)c1. The molecular weight excluding hydrogens is 236 g/mol. The van der Waals surface area contributed by atoms with E-state index in [2.05, 4.69) is 49.8 Å². The Hall–Kier alpha value is -1.34. The highest BCUT2D eigenvalue weighted by atomic mass is 16.5. The van der Waals surface area contributed by atoms with E-state index in [9.17, 15) is 0 Å². The highest BCUT2D eigenvalue weighted by Gasteiger charge is 2.02. The molecule has 2 N–H and O–H groups in total. The molecule has 0 bridgehead atoms. The molecule has 0 aromatic heterocycles. The summed E-state index contributed by atoms with van der Waals surface area (Å²) in [7, 11) is 2.10. The monoisotopic (exact) mass is 260 g/mol. The van der Waals surface area contributed by atoms with Gasteiger partial charge in [-0.1, -0.05) is 24.0 Å². The Morgan fingerprint density at radius 1 is 1.37 bits per heavy atom. The molecule has 3 nitrogen and oxygen atoms in total. The predicted molar refractivity (Wildman–Crippen MR) is 79.8 cm³/mol. The molecule has 1 rings (SSSR count). The lowest BCUT2D eigenvalue weighted by Gasteiger charge is -2.17. The molecule has 19 heavy (non-hydrogen) atoms. The largest absolute Gasteiger partial charge is 0.377 e. The van der Waals surface area contributed by atoms with Crippen LogP contribution in [0.25, 0.3) is 0 Å². The number of hydrogen-bond donors (Lipinski definition) is 1. The average molecular weight is 260 g/mol. The lowest BCUT2D eigenvalue weighted by Crippen LogP contribution is -2.24. The van der Waals surface area contributed by atoms with Gasteiger partial charge in [0.1, 0.15) is 0 Å². The number of benzene rings is 1. The van der Waals surface area contributed by atoms with Crippen molar-refractivity contribution in [3.05, 3.63) is 35.4 Å². The Labute approximate surface area is 116 Å². The van der Waals surface area contributed by atoms with Crippen LogP contribution in [-0.4, -0.2) is 37.7 Å². The van der Waals surface area contributed by atoms with Crippen molar-refractivity contribution in [3.8, 4) is 11.8 Å². The molecule has 1 aromatic rings. The third-order valence-corrected chi connectivity index (χ3v) is 2.64. The van der Waals surface area contributed by atoms with Crippen LogP contribution in [-0.2, 0) is 11.3 Å². The molecule has 0 heterocycles. The van der Waals surface area contributed by atoms with Gasteiger partial charge in [-0.05, 0) is 38.6 Å². The summed E-state index contributed by atoms with van der Waals surface area (Å²) >= 11 is 0. The van der Waals surface area contributed by atoms with Gasteiger partial charge in [-0.15, -0.1) is 0 Å². The van der Waals surface area contributed by atoms with Crippen molar-refractivity contribution >= 4 is 0 Å². The van der Waals surface area contributed by atoms with E-state index < -0.39 is 0 Å². The number of likely N-dealkylation sites (N-methyl/N-ethyl adjacent to an activating group) is 1. The first kappa shape index (κ1) is 15.7. The summed E-state index contributed by atoms with van der Waals surface area (Å²) in [6.07, 6.45) is 0.295. The molecule has 0 amide bonds. The standard InChI is InChI=1S/C16H24N2O/c1-14(2)19-11-10-18(3)13-16-7-4-6-15(12-16)8-5-9-17/h4,6-7,12,14H,9-11,13,17H2,1-3H3. The van der Waals surface area contributed by atoms with Gasteiger partial charge in [0.05, 0.1) is 19.3 Å². The molecule has 0 aliphatic heterocycles. The Morgan fingerprint density at radius 2 is 2.16 bits per heavy atom. The van der Waals surface area contributed by atoms with Crippen LogP contribution < -0.4 is 5.73 Å². The van der Waals surface area contributed by atoms with E-state index in [4.69, 9.17) is 10.5 Å². The van der Waals surface area contributed by atoms with Gasteiger partial charge in [0.15, 0.2) is 0 Å². The topological polar surface area (TPSA) is 38.5 Å². The summed E-state index contributed by atoms with van der Waals surface area (Å²) in [5.41, 5.74) is 7.66. The first-order valence-electron chi connectivity index (χ1n) is 6.70. The summed E-state index contributed by atoms with van der Waals surface area (Å²) in [6.45, 7) is 7.10. The third kappa shape index (κ3) is 6.97. The van der Waals surface area contributed by atoms with Crippen LogP contribution in [0.5, 0.6) is 0 Å². The zero-order valence-corrected chi connectivity index (χ0v) is 12.1. The number of nitrogens with zero attached hydrogens (tertiary/aromatic N) is 1. The van der Waals surface area contributed by atoms with Crippen LogP contribution in [0.15, 0.2) is 24.3 Å². The minimum atomic E-state index is 0.295. The molecule has 104 valence electrons. The maximum absolute atomic E-state index is 5.55. The van der Waals surface area contributed by atoms with Gasteiger partial charge in [-0.2, -0.15) is 0 Å². The van der Waals surface area contributed by atoms with Gasteiger partial charge in [0.2, 0.25) is 0 Å². The maximum Gasteiger partial charge on any atom is 0.0596 e. The second kappa shape index (κ2) is 8.71. The van der Waals surface area contributed by atoms with Crippen molar-refractivity contribution in [1.29, 1.82) is 0 Å². The molecule has 0 aliphatic rings. The molecule has 0 aliphatic carbocycles. The Balaban J connectivity index is 2.47. The van der Waals surface area contributed by atoms with Gasteiger partial charge >= 0.3 is 0 Å². The number of hydrogen-bond acceptors (Lipinski definition) is 3. The summed E-state index contributed by atoms with van der Waals surface area (Å²) < 4.78 is 5.55. The zero-order valence-electron chi connectivity index (χ0n) is 12.1. The molecular formula is C16H24N2O. The van der Waals surface area contributed by atoms with Gasteiger partial charge in [-0.25, -0.2) is 0 Å². The van der Waals surface area contributed by atoms with Crippen LogP contribution >= 0.6 is 0 Å². The van der Waals surface area contributed by atoms with Gasteiger partial charge in [0, 0.05) is 18.7 Å². The molecule has 0 radical (unpaired) electrons. The van der Waals surface area contributed by atoms with Crippen LogP contribution in [0.2, 0.25) is 0 Å².